The fourth-order valence-electron chi connectivity index (χ4n) is 8.95. The first-order valence-corrected chi connectivity index (χ1v) is 22.5. The molecule has 1 saturated heterocycles. The number of nitrogens with one attached hydrogen (secondary N) is 3. The minimum Gasteiger partial charge on any atom is -0.497 e. The molecule has 0 spiro atoms. The van der Waals surface area contributed by atoms with Crippen molar-refractivity contribution >= 4 is 66.8 Å². The van der Waals surface area contributed by atoms with Crippen molar-refractivity contribution in [1.29, 1.82) is 0 Å². The van der Waals surface area contributed by atoms with Gasteiger partial charge in [0.05, 0.1) is 24.4 Å². The van der Waals surface area contributed by atoms with Crippen molar-refractivity contribution < 1.29 is 50.6 Å². The molecule has 60 heavy (non-hydrogen) atoms. The summed E-state index contributed by atoms with van der Waals surface area (Å²) in [4.78, 5) is 62.6. The second kappa shape index (κ2) is 15.9. The third kappa shape index (κ3) is 7.83. The van der Waals surface area contributed by atoms with Gasteiger partial charge in [0.15, 0.2) is 11.3 Å². The highest BCUT2D eigenvalue weighted by Crippen LogP contribution is 2.46. The number of ether oxygens (including phenoxy) is 3. The number of pyridine rings is 1. The molecule has 0 radical (unpaired) electrons. The third-order valence-electron chi connectivity index (χ3n) is 12.5. The molecule has 0 bridgehead atoms. The van der Waals surface area contributed by atoms with Gasteiger partial charge in [0.1, 0.15) is 52.5 Å². The van der Waals surface area contributed by atoms with Crippen molar-refractivity contribution in [2.45, 2.75) is 119 Å². The second-order valence-corrected chi connectivity index (χ2v) is 18.7. The van der Waals surface area contributed by atoms with Crippen LogP contribution in [-0.2, 0) is 29.1 Å². The molecule has 15 nitrogen and oxygen atoms in total. The van der Waals surface area contributed by atoms with Gasteiger partial charge in [-0.3, -0.25) is 19.1 Å². The Labute approximate surface area is 345 Å². The molecule has 4 aromatic rings. The number of hydrogen-bond donors (Lipinski definition) is 3. The van der Waals surface area contributed by atoms with Gasteiger partial charge in [-0.25, -0.2) is 22.6 Å². The standard InChI is InChI=1S/C43H48FN5O10S/c1-56-27-14-17-30-35(21-27)59-38-36(30)45-32-18-13-25(44)19-31(32)37(38)57-28-20-34-39(50)47-43(41(52)48-60(54,55)29-15-16-29)22-24(43)9-5-3-2-4-6-12-33(40(51)49(34)23-28)46-42(53)58-26-10-7-8-11-26/h5,9,13-14,17-19,21,24,26,28-29,33-34H,2-4,6-8,10-12,15-16,20,22-23H2,1H3,(H,46,53)(H,47,50)(H,48,52)/b9-5-/t24-,28-,33+,34+,43-/m1/s1. The number of halogens is 1. The van der Waals surface area contributed by atoms with Gasteiger partial charge in [-0.05, 0) is 94.5 Å². The lowest BCUT2D eigenvalue weighted by molar-refractivity contribution is -0.141. The number of allylic oxidation sites excluding steroid dienone is 1. The molecule has 5 aliphatic rings. The first-order chi connectivity index (χ1) is 28.9. The number of carbonyl (C=O) groups is 4. The van der Waals surface area contributed by atoms with E-state index >= 15 is 0 Å². The zero-order valence-corrected chi connectivity index (χ0v) is 34.1. The lowest BCUT2D eigenvalue weighted by Gasteiger charge is -2.30. The Bertz CT molecular complexity index is 2520. The number of fused-ring (bicyclic) bond motifs is 6. The van der Waals surface area contributed by atoms with Crippen LogP contribution in [0.15, 0.2) is 53.0 Å². The van der Waals surface area contributed by atoms with Crippen LogP contribution < -0.4 is 24.8 Å². The quantitative estimate of drug-likeness (QED) is 0.185. The Morgan fingerprint density at radius 2 is 1.78 bits per heavy atom. The number of amides is 4. The summed E-state index contributed by atoms with van der Waals surface area (Å²) in [5.41, 5.74) is -0.0101. The number of alkyl carbamates (subject to hydrolysis) is 1. The maximum absolute atomic E-state index is 14.9. The van der Waals surface area contributed by atoms with Gasteiger partial charge in [-0.15, -0.1) is 0 Å². The third-order valence-corrected chi connectivity index (χ3v) is 14.3. The Balaban J connectivity index is 1.07. The van der Waals surface area contributed by atoms with E-state index in [2.05, 4.69) is 15.4 Å². The summed E-state index contributed by atoms with van der Waals surface area (Å²) >= 11 is 0. The minimum atomic E-state index is -3.94. The zero-order valence-electron chi connectivity index (χ0n) is 33.2. The fourth-order valence-corrected chi connectivity index (χ4v) is 10.3. The highest BCUT2D eigenvalue weighted by molar-refractivity contribution is 7.91. The summed E-state index contributed by atoms with van der Waals surface area (Å²) in [6.45, 7) is -0.125. The van der Waals surface area contributed by atoms with E-state index in [9.17, 15) is 32.0 Å². The summed E-state index contributed by atoms with van der Waals surface area (Å²) < 4.78 is 67.1. The first kappa shape index (κ1) is 40.0. The van der Waals surface area contributed by atoms with Gasteiger partial charge in [0.25, 0.3) is 5.91 Å². The van der Waals surface area contributed by atoms with Crippen molar-refractivity contribution in [3.63, 3.8) is 0 Å². The van der Waals surface area contributed by atoms with Crippen LogP contribution in [0.3, 0.4) is 0 Å². The van der Waals surface area contributed by atoms with Crippen molar-refractivity contribution in [2.75, 3.05) is 13.7 Å². The summed E-state index contributed by atoms with van der Waals surface area (Å²) in [7, 11) is -2.41. The van der Waals surface area contributed by atoms with Crippen LogP contribution in [0, 0.1) is 11.7 Å². The number of nitrogens with zero attached hydrogens (tertiary/aromatic N) is 2. The van der Waals surface area contributed by atoms with Gasteiger partial charge in [0.2, 0.25) is 21.8 Å². The molecule has 3 N–H and O–H groups in total. The van der Waals surface area contributed by atoms with Gasteiger partial charge >= 0.3 is 6.09 Å². The molecule has 0 unspecified atom stereocenters. The van der Waals surface area contributed by atoms with Crippen molar-refractivity contribution in [3.05, 3.63) is 54.4 Å². The normalized spacial score (nSPS) is 27.1. The maximum atomic E-state index is 14.9. The van der Waals surface area contributed by atoms with Gasteiger partial charge in [0, 0.05) is 29.2 Å². The summed E-state index contributed by atoms with van der Waals surface area (Å²) in [6, 6.07) is 7.12. The number of methoxy groups -OCH3 is 1. The van der Waals surface area contributed by atoms with Crippen LogP contribution >= 0.6 is 0 Å². The molecule has 5 atom stereocenters. The molecule has 4 fully saturated rings. The van der Waals surface area contributed by atoms with Crippen molar-refractivity contribution in [1.82, 2.24) is 25.2 Å². The average Bonchev–Trinajstić information content (AvgIpc) is 4.04. The SMILES string of the molecule is COc1ccc2c(c1)oc1c(O[C@@H]3C[C@H]4C(=O)N[C@]5(C(=O)NS(=O)(=O)C6CC6)C[C@H]5/C=C\CCCCC[C@H](NC(=O)OC5CCCC5)C(=O)N4C3)c3cc(F)ccc3nc12. The molecule has 3 saturated carbocycles. The van der Waals surface area contributed by atoms with Crippen LogP contribution in [0.1, 0.15) is 83.5 Å². The van der Waals surface area contributed by atoms with Crippen molar-refractivity contribution in [2.24, 2.45) is 5.92 Å². The van der Waals surface area contributed by atoms with E-state index in [1.165, 1.54) is 30.2 Å². The lowest BCUT2D eigenvalue weighted by atomic mass is 10.0. The smallest absolute Gasteiger partial charge is 0.408 e. The summed E-state index contributed by atoms with van der Waals surface area (Å²) in [5.74, 6) is -2.35. The molecular formula is C43H48FN5O10S. The van der Waals surface area contributed by atoms with Gasteiger partial charge < -0.3 is 34.2 Å². The number of rotatable bonds is 8. The molecule has 2 aromatic heterocycles. The fraction of sp³-hybridized carbons (Fsp3) is 0.512. The second-order valence-electron chi connectivity index (χ2n) is 16.7. The molecule has 4 heterocycles. The highest BCUT2D eigenvalue weighted by atomic mass is 32.2. The monoisotopic (exact) mass is 845 g/mol. The Hall–Kier alpha value is -5.45. The number of benzene rings is 2. The van der Waals surface area contributed by atoms with Crippen LogP contribution in [0.5, 0.6) is 11.5 Å². The largest absolute Gasteiger partial charge is 0.497 e. The van der Waals surface area contributed by atoms with Crippen LogP contribution in [0.4, 0.5) is 9.18 Å². The minimum absolute atomic E-state index is 0.0654. The van der Waals surface area contributed by atoms with Crippen LogP contribution in [-0.4, -0.2) is 90.9 Å². The van der Waals surface area contributed by atoms with E-state index in [0.717, 1.165) is 38.5 Å². The first-order valence-electron chi connectivity index (χ1n) is 20.9. The average molecular weight is 846 g/mol. The van der Waals surface area contributed by atoms with E-state index in [1.54, 1.807) is 18.2 Å². The number of carbonyl (C=O) groups excluding carboxylic acids is 4. The van der Waals surface area contributed by atoms with E-state index in [0.29, 0.717) is 58.8 Å². The Morgan fingerprint density at radius 3 is 2.57 bits per heavy atom. The number of aromatic nitrogens is 1. The molecule has 2 aromatic carbocycles. The van der Waals surface area contributed by atoms with Gasteiger partial charge in [-0.1, -0.05) is 25.0 Å². The topological polar surface area (TPSA) is 195 Å². The number of sulfonamides is 1. The summed E-state index contributed by atoms with van der Waals surface area (Å²) in [5, 5.41) is 5.98. The molecule has 17 heteroatoms. The van der Waals surface area contributed by atoms with Gasteiger partial charge in [-0.2, -0.15) is 0 Å². The predicted octanol–water partition coefficient (Wildman–Crippen LogP) is 5.67. The number of furan rings is 1. The van der Waals surface area contributed by atoms with Crippen molar-refractivity contribution in [3.8, 4) is 11.5 Å². The highest BCUT2D eigenvalue weighted by Gasteiger charge is 2.62. The Morgan fingerprint density at radius 1 is 0.983 bits per heavy atom. The van der Waals surface area contributed by atoms with E-state index in [-0.39, 0.29) is 43.2 Å². The lowest BCUT2D eigenvalue weighted by Crippen LogP contribution is -2.58. The molecular weight excluding hydrogens is 798 g/mol. The van der Waals surface area contributed by atoms with E-state index in [1.807, 2.05) is 12.2 Å². The molecule has 9 rings (SSSR count). The number of hydrogen-bond acceptors (Lipinski definition) is 11. The molecule has 318 valence electrons. The van der Waals surface area contributed by atoms with E-state index < -0.39 is 74.5 Å². The zero-order chi connectivity index (χ0) is 41.8. The molecule has 3 aliphatic carbocycles. The molecule has 2 aliphatic heterocycles. The summed E-state index contributed by atoms with van der Waals surface area (Å²) in [6.07, 6.45) is 9.38. The maximum Gasteiger partial charge on any atom is 0.408 e. The molecule has 4 amide bonds. The van der Waals surface area contributed by atoms with Crippen LogP contribution in [0.2, 0.25) is 0 Å². The van der Waals surface area contributed by atoms with Crippen LogP contribution in [0.25, 0.3) is 33.0 Å². The van der Waals surface area contributed by atoms with E-state index in [4.69, 9.17) is 23.6 Å². The predicted molar refractivity (Wildman–Crippen MR) is 217 cm³/mol. The Kier molecular flexibility index (Phi) is 10.6.